The number of hydrogen-bond donors (Lipinski definition) is 1. The quantitative estimate of drug-likeness (QED) is 0.668. The third-order valence-corrected chi connectivity index (χ3v) is 4.66. The Bertz CT molecular complexity index is 519. The van der Waals surface area contributed by atoms with Gasteiger partial charge in [0.25, 0.3) is 0 Å². The van der Waals surface area contributed by atoms with Crippen molar-refractivity contribution in [1.29, 1.82) is 0 Å². The van der Waals surface area contributed by atoms with Crippen LogP contribution in [0.5, 0.6) is 0 Å². The van der Waals surface area contributed by atoms with Crippen LogP contribution in [0.4, 0.5) is 0 Å². The highest BCUT2D eigenvalue weighted by Crippen LogP contribution is 2.27. The van der Waals surface area contributed by atoms with Gasteiger partial charge in [-0.1, -0.05) is 29.8 Å². The van der Waals surface area contributed by atoms with E-state index >= 15 is 0 Å². The van der Waals surface area contributed by atoms with Crippen LogP contribution in [0.25, 0.3) is 0 Å². The van der Waals surface area contributed by atoms with Crippen LogP contribution in [0.3, 0.4) is 0 Å². The predicted octanol–water partition coefficient (Wildman–Crippen LogP) is 2.48. The predicted molar refractivity (Wildman–Crippen MR) is 87.9 cm³/mol. The molecule has 0 radical (unpaired) electrons. The van der Waals surface area contributed by atoms with Gasteiger partial charge < -0.3 is 10.1 Å². The van der Waals surface area contributed by atoms with Gasteiger partial charge in [-0.2, -0.15) is 0 Å². The summed E-state index contributed by atoms with van der Waals surface area (Å²) in [6.07, 6.45) is 2.70. The third-order valence-electron chi connectivity index (χ3n) is 3.29. The van der Waals surface area contributed by atoms with E-state index in [1.54, 1.807) is 7.11 Å². The van der Waals surface area contributed by atoms with E-state index in [0.29, 0.717) is 13.0 Å². The lowest BCUT2D eigenvalue weighted by molar-refractivity contribution is 0.198. The smallest absolute Gasteiger partial charge is 0.147 e. The van der Waals surface area contributed by atoms with E-state index in [-0.39, 0.29) is 11.7 Å². The Kier molecular flexibility index (Phi) is 8.26. The normalized spacial score (nSPS) is 13.3. The average molecular weight is 334 g/mol. The highest BCUT2D eigenvalue weighted by atomic mass is 35.5. The van der Waals surface area contributed by atoms with Gasteiger partial charge in [0.2, 0.25) is 0 Å². The summed E-state index contributed by atoms with van der Waals surface area (Å²) in [5.74, 6) is 0.420. The molecule has 0 spiro atoms. The summed E-state index contributed by atoms with van der Waals surface area (Å²) < 4.78 is 27.5. The van der Waals surface area contributed by atoms with Crippen molar-refractivity contribution in [3.8, 4) is 0 Å². The molecule has 0 bridgehead atoms. The highest BCUT2D eigenvalue weighted by molar-refractivity contribution is 7.90. The molecular weight excluding hydrogens is 310 g/mol. The molecule has 21 heavy (non-hydrogen) atoms. The van der Waals surface area contributed by atoms with Gasteiger partial charge in [-0.05, 0) is 30.4 Å². The first-order valence-electron chi connectivity index (χ1n) is 7.06. The van der Waals surface area contributed by atoms with Gasteiger partial charge in [-0.15, -0.1) is 0 Å². The summed E-state index contributed by atoms with van der Waals surface area (Å²) in [5.41, 5.74) is 1.07. The molecule has 1 unspecified atom stereocenters. The van der Waals surface area contributed by atoms with Crippen LogP contribution in [-0.4, -0.2) is 47.2 Å². The Hall–Kier alpha value is -0.620. The summed E-state index contributed by atoms with van der Waals surface area (Å²) in [6, 6.07) is 7.73. The fraction of sp³-hybridized carbons (Fsp3) is 0.600. The summed E-state index contributed by atoms with van der Waals surface area (Å²) in [7, 11) is -1.25. The molecule has 1 atom stereocenters. The minimum Gasteiger partial charge on any atom is -0.383 e. The molecule has 0 fully saturated rings. The monoisotopic (exact) mass is 333 g/mol. The number of halogens is 1. The lowest BCUT2D eigenvalue weighted by Crippen LogP contribution is -2.25. The maximum atomic E-state index is 11.3. The van der Waals surface area contributed by atoms with Crippen LogP contribution in [0.2, 0.25) is 5.02 Å². The van der Waals surface area contributed by atoms with E-state index in [2.05, 4.69) is 5.32 Å². The standard InChI is InChI=1S/C15H24ClNO3S/c1-20-10-9-17-12-13(6-5-11-21(2,18)19)14-7-3-4-8-15(14)16/h3-4,7-8,13,17H,5-6,9-12H2,1-2H3. The Morgan fingerprint density at radius 2 is 2.05 bits per heavy atom. The lowest BCUT2D eigenvalue weighted by Gasteiger charge is -2.19. The zero-order chi connectivity index (χ0) is 15.7. The fourth-order valence-electron chi connectivity index (χ4n) is 2.22. The van der Waals surface area contributed by atoms with Crippen molar-refractivity contribution in [2.24, 2.45) is 0 Å². The van der Waals surface area contributed by atoms with Gasteiger partial charge in [0, 0.05) is 37.2 Å². The first kappa shape index (κ1) is 18.4. The molecular formula is C15H24ClNO3S. The number of ether oxygens (including phenoxy) is 1. The summed E-state index contributed by atoms with van der Waals surface area (Å²) >= 11 is 6.26. The molecule has 0 aliphatic carbocycles. The van der Waals surface area contributed by atoms with Crippen molar-refractivity contribution in [2.75, 3.05) is 38.8 Å². The second-order valence-corrected chi connectivity index (χ2v) is 7.85. The molecule has 1 aromatic carbocycles. The molecule has 0 aliphatic heterocycles. The number of sulfone groups is 1. The largest absolute Gasteiger partial charge is 0.383 e. The highest BCUT2D eigenvalue weighted by Gasteiger charge is 2.15. The first-order valence-corrected chi connectivity index (χ1v) is 9.49. The molecule has 0 aliphatic rings. The molecule has 0 heterocycles. The second-order valence-electron chi connectivity index (χ2n) is 5.19. The molecule has 1 N–H and O–H groups in total. The molecule has 4 nitrogen and oxygen atoms in total. The van der Waals surface area contributed by atoms with Crippen LogP contribution in [0.15, 0.2) is 24.3 Å². The number of nitrogens with one attached hydrogen (secondary N) is 1. The third kappa shape index (κ3) is 7.81. The minimum absolute atomic E-state index is 0.206. The van der Waals surface area contributed by atoms with E-state index in [1.165, 1.54) is 6.26 Å². The van der Waals surface area contributed by atoms with Crippen molar-refractivity contribution in [3.63, 3.8) is 0 Å². The van der Waals surface area contributed by atoms with Crippen LogP contribution in [0.1, 0.15) is 24.3 Å². The van der Waals surface area contributed by atoms with Gasteiger partial charge in [-0.25, -0.2) is 8.42 Å². The van der Waals surface area contributed by atoms with Crippen molar-refractivity contribution >= 4 is 21.4 Å². The number of methoxy groups -OCH3 is 1. The van der Waals surface area contributed by atoms with Crippen molar-refractivity contribution in [1.82, 2.24) is 5.32 Å². The fourth-order valence-corrected chi connectivity index (χ4v) is 3.20. The first-order chi connectivity index (χ1) is 9.94. The van der Waals surface area contributed by atoms with E-state index in [9.17, 15) is 8.42 Å². The molecule has 0 aromatic heterocycles. The topological polar surface area (TPSA) is 55.4 Å². The Morgan fingerprint density at radius 1 is 1.33 bits per heavy atom. The van der Waals surface area contributed by atoms with Crippen molar-refractivity contribution in [2.45, 2.75) is 18.8 Å². The molecule has 6 heteroatoms. The van der Waals surface area contributed by atoms with E-state index in [4.69, 9.17) is 16.3 Å². The van der Waals surface area contributed by atoms with Gasteiger partial charge in [0.05, 0.1) is 6.61 Å². The molecule has 1 aromatic rings. The van der Waals surface area contributed by atoms with Gasteiger partial charge >= 0.3 is 0 Å². The number of rotatable bonds is 10. The maximum absolute atomic E-state index is 11.3. The minimum atomic E-state index is -2.91. The SMILES string of the molecule is COCCNCC(CCCS(C)(=O)=O)c1ccccc1Cl. The zero-order valence-corrected chi connectivity index (χ0v) is 14.2. The average Bonchev–Trinajstić information content (AvgIpc) is 2.41. The van der Waals surface area contributed by atoms with Crippen molar-refractivity contribution < 1.29 is 13.2 Å². The Labute approximate surface area is 132 Å². The molecule has 0 saturated heterocycles. The van der Waals surface area contributed by atoms with E-state index in [0.717, 1.165) is 30.1 Å². The maximum Gasteiger partial charge on any atom is 0.147 e. The number of benzene rings is 1. The Morgan fingerprint density at radius 3 is 2.67 bits per heavy atom. The van der Waals surface area contributed by atoms with Gasteiger partial charge in [0.15, 0.2) is 0 Å². The van der Waals surface area contributed by atoms with Crippen molar-refractivity contribution in [3.05, 3.63) is 34.9 Å². The van der Waals surface area contributed by atoms with Crippen LogP contribution in [-0.2, 0) is 14.6 Å². The van der Waals surface area contributed by atoms with E-state index < -0.39 is 9.84 Å². The van der Waals surface area contributed by atoms with Gasteiger partial charge in [0.1, 0.15) is 9.84 Å². The summed E-state index contributed by atoms with van der Waals surface area (Å²) in [4.78, 5) is 0. The van der Waals surface area contributed by atoms with E-state index in [1.807, 2.05) is 24.3 Å². The molecule has 120 valence electrons. The zero-order valence-electron chi connectivity index (χ0n) is 12.6. The lowest BCUT2D eigenvalue weighted by atomic mass is 9.94. The van der Waals surface area contributed by atoms with Gasteiger partial charge in [-0.3, -0.25) is 0 Å². The Balaban J connectivity index is 2.64. The summed E-state index contributed by atoms with van der Waals surface area (Å²) in [6.45, 7) is 2.18. The second kappa shape index (κ2) is 9.41. The number of hydrogen-bond acceptors (Lipinski definition) is 4. The van der Waals surface area contributed by atoms with Crippen LogP contribution < -0.4 is 5.32 Å². The van der Waals surface area contributed by atoms with Crippen LogP contribution >= 0.6 is 11.6 Å². The molecule has 1 rings (SSSR count). The molecule has 0 saturated carbocycles. The molecule has 0 amide bonds. The van der Waals surface area contributed by atoms with Crippen LogP contribution in [0, 0.1) is 0 Å². The summed E-state index contributed by atoms with van der Waals surface area (Å²) in [5, 5.41) is 4.06.